The largest absolute Gasteiger partial charge is 0.339 e. The molecule has 0 spiro atoms. The molecule has 3 aromatic rings. The SMILES string of the molecule is Cn1c(N2CC(N3CCc4sccc4C3)C2)nc2cccnc21. The van der Waals surface area contributed by atoms with Crippen LogP contribution in [0.4, 0.5) is 5.95 Å². The van der Waals surface area contributed by atoms with Gasteiger partial charge in [-0.1, -0.05) is 0 Å². The molecule has 0 N–H and O–H groups in total. The zero-order valence-corrected chi connectivity index (χ0v) is 14.0. The molecule has 0 saturated carbocycles. The molecule has 0 unspecified atom stereocenters. The third kappa shape index (κ3) is 2.09. The minimum absolute atomic E-state index is 0.649. The van der Waals surface area contributed by atoms with Gasteiger partial charge in [-0.3, -0.25) is 9.47 Å². The topological polar surface area (TPSA) is 37.2 Å². The number of hydrogen-bond acceptors (Lipinski definition) is 5. The predicted octanol–water partition coefficient (Wildman–Crippen LogP) is 2.28. The van der Waals surface area contributed by atoms with Crippen molar-refractivity contribution in [3.8, 4) is 0 Å². The van der Waals surface area contributed by atoms with Crippen molar-refractivity contribution < 1.29 is 0 Å². The molecule has 0 aromatic carbocycles. The first-order chi connectivity index (χ1) is 11.3. The van der Waals surface area contributed by atoms with Crippen molar-refractivity contribution >= 4 is 28.4 Å². The highest BCUT2D eigenvalue weighted by Crippen LogP contribution is 2.30. The highest BCUT2D eigenvalue weighted by atomic mass is 32.1. The van der Waals surface area contributed by atoms with Crippen molar-refractivity contribution in [2.75, 3.05) is 24.5 Å². The standard InChI is InChI=1S/C17H19N5S/c1-20-16-14(3-2-6-18-16)19-17(20)22-10-13(11-22)21-7-4-15-12(9-21)5-8-23-15/h2-3,5-6,8,13H,4,7,9-11H2,1H3. The molecule has 23 heavy (non-hydrogen) atoms. The summed E-state index contributed by atoms with van der Waals surface area (Å²) in [7, 11) is 2.06. The molecule has 3 aromatic heterocycles. The van der Waals surface area contributed by atoms with Gasteiger partial charge in [-0.25, -0.2) is 9.97 Å². The van der Waals surface area contributed by atoms with Crippen LogP contribution < -0.4 is 4.90 Å². The molecule has 5 nitrogen and oxygen atoms in total. The number of fused-ring (bicyclic) bond motifs is 2. The van der Waals surface area contributed by atoms with Crippen molar-refractivity contribution in [2.24, 2.45) is 7.05 Å². The molecular formula is C17H19N5S. The average molecular weight is 325 g/mol. The number of pyridine rings is 1. The van der Waals surface area contributed by atoms with E-state index in [2.05, 4.69) is 37.8 Å². The minimum Gasteiger partial charge on any atom is -0.339 e. The van der Waals surface area contributed by atoms with E-state index < -0.39 is 0 Å². The second-order valence-electron chi connectivity index (χ2n) is 6.47. The van der Waals surface area contributed by atoms with E-state index in [-0.39, 0.29) is 0 Å². The fourth-order valence-corrected chi connectivity index (χ4v) is 4.62. The zero-order valence-electron chi connectivity index (χ0n) is 13.1. The van der Waals surface area contributed by atoms with Crippen LogP contribution in [-0.4, -0.2) is 45.1 Å². The van der Waals surface area contributed by atoms with Crippen LogP contribution in [0, 0.1) is 0 Å². The predicted molar refractivity (Wildman–Crippen MR) is 92.9 cm³/mol. The van der Waals surface area contributed by atoms with Crippen LogP contribution in [-0.2, 0) is 20.0 Å². The monoisotopic (exact) mass is 325 g/mol. The minimum atomic E-state index is 0.649. The highest BCUT2D eigenvalue weighted by molar-refractivity contribution is 7.10. The van der Waals surface area contributed by atoms with E-state index in [0.29, 0.717) is 6.04 Å². The normalized spacial score (nSPS) is 19.1. The maximum Gasteiger partial charge on any atom is 0.207 e. The van der Waals surface area contributed by atoms with Gasteiger partial charge in [0.05, 0.1) is 0 Å². The highest BCUT2D eigenvalue weighted by Gasteiger charge is 2.35. The van der Waals surface area contributed by atoms with Gasteiger partial charge in [-0.05, 0) is 35.6 Å². The number of aryl methyl sites for hydroxylation is 1. The Balaban J connectivity index is 1.32. The van der Waals surface area contributed by atoms with E-state index >= 15 is 0 Å². The van der Waals surface area contributed by atoms with E-state index in [1.807, 2.05) is 29.7 Å². The molecule has 1 saturated heterocycles. The molecule has 0 aliphatic carbocycles. The lowest BCUT2D eigenvalue weighted by molar-refractivity contribution is 0.150. The third-order valence-electron chi connectivity index (χ3n) is 5.10. The molecule has 2 aliphatic heterocycles. The smallest absolute Gasteiger partial charge is 0.207 e. The summed E-state index contributed by atoms with van der Waals surface area (Å²) in [4.78, 5) is 15.8. The van der Waals surface area contributed by atoms with Crippen LogP contribution in [0.1, 0.15) is 10.4 Å². The van der Waals surface area contributed by atoms with Crippen LogP contribution in [0.15, 0.2) is 29.8 Å². The van der Waals surface area contributed by atoms with Crippen molar-refractivity contribution in [3.05, 3.63) is 40.2 Å². The number of imidazole rings is 1. The van der Waals surface area contributed by atoms with Crippen molar-refractivity contribution in [1.29, 1.82) is 0 Å². The summed E-state index contributed by atoms with van der Waals surface area (Å²) >= 11 is 1.91. The van der Waals surface area contributed by atoms with Crippen LogP contribution in [0.3, 0.4) is 0 Å². The molecule has 0 bridgehead atoms. The first-order valence-electron chi connectivity index (χ1n) is 8.11. The molecule has 2 aliphatic rings. The molecular weight excluding hydrogens is 306 g/mol. The van der Waals surface area contributed by atoms with Gasteiger partial charge < -0.3 is 4.90 Å². The number of aromatic nitrogens is 3. The summed E-state index contributed by atoms with van der Waals surface area (Å²) in [5.74, 6) is 1.04. The number of rotatable bonds is 2. The van der Waals surface area contributed by atoms with E-state index in [4.69, 9.17) is 4.98 Å². The Morgan fingerprint density at radius 2 is 2.17 bits per heavy atom. The summed E-state index contributed by atoms with van der Waals surface area (Å²) in [5, 5.41) is 2.23. The molecule has 0 atom stereocenters. The second-order valence-corrected chi connectivity index (χ2v) is 7.47. The first kappa shape index (κ1) is 13.5. The van der Waals surface area contributed by atoms with Gasteiger partial charge >= 0.3 is 0 Å². The Hall–Kier alpha value is -1.92. The molecule has 0 amide bonds. The van der Waals surface area contributed by atoms with Gasteiger partial charge in [0.2, 0.25) is 5.95 Å². The van der Waals surface area contributed by atoms with E-state index in [1.165, 1.54) is 18.5 Å². The van der Waals surface area contributed by atoms with Gasteiger partial charge in [0.25, 0.3) is 0 Å². The lowest BCUT2D eigenvalue weighted by Crippen LogP contribution is -2.60. The summed E-state index contributed by atoms with van der Waals surface area (Å²) < 4.78 is 2.11. The Morgan fingerprint density at radius 1 is 1.26 bits per heavy atom. The maximum absolute atomic E-state index is 4.75. The number of thiophene rings is 1. The Morgan fingerprint density at radius 3 is 3.04 bits per heavy atom. The number of nitrogens with zero attached hydrogens (tertiary/aromatic N) is 5. The molecule has 5 rings (SSSR count). The quantitative estimate of drug-likeness (QED) is 0.724. The van der Waals surface area contributed by atoms with Crippen molar-refractivity contribution in [2.45, 2.75) is 19.0 Å². The fraction of sp³-hybridized carbons (Fsp3) is 0.412. The van der Waals surface area contributed by atoms with Crippen LogP contribution >= 0.6 is 11.3 Å². The lowest BCUT2D eigenvalue weighted by atomic mass is 10.0. The van der Waals surface area contributed by atoms with Gasteiger partial charge in [0.1, 0.15) is 5.52 Å². The summed E-state index contributed by atoms with van der Waals surface area (Å²) in [6.45, 7) is 4.44. The summed E-state index contributed by atoms with van der Waals surface area (Å²) in [6, 6.07) is 6.92. The van der Waals surface area contributed by atoms with Gasteiger partial charge in [0, 0.05) is 50.3 Å². The average Bonchev–Trinajstić information content (AvgIpc) is 3.11. The summed E-state index contributed by atoms with van der Waals surface area (Å²) in [5.41, 5.74) is 3.48. The van der Waals surface area contributed by atoms with E-state index in [0.717, 1.165) is 36.7 Å². The number of anilines is 1. The van der Waals surface area contributed by atoms with Crippen molar-refractivity contribution in [3.63, 3.8) is 0 Å². The number of hydrogen-bond donors (Lipinski definition) is 0. The van der Waals surface area contributed by atoms with Crippen LogP contribution in [0.2, 0.25) is 0 Å². The van der Waals surface area contributed by atoms with Gasteiger partial charge in [0.15, 0.2) is 5.65 Å². The molecule has 1 fully saturated rings. The van der Waals surface area contributed by atoms with E-state index in [9.17, 15) is 0 Å². The Labute approximate surface area is 139 Å². The van der Waals surface area contributed by atoms with E-state index in [1.54, 1.807) is 4.88 Å². The van der Waals surface area contributed by atoms with Gasteiger partial charge in [-0.15, -0.1) is 11.3 Å². The Kier molecular flexibility index (Phi) is 2.96. The second kappa shape index (κ2) is 5.04. The Bertz CT molecular complexity index is 861. The maximum atomic E-state index is 4.75. The molecule has 5 heterocycles. The third-order valence-corrected chi connectivity index (χ3v) is 6.13. The first-order valence-corrected chi connectivity index (χ1v) is 8.99. The fourth-order valence-electron chi connectivity index (χ4n) is 3.73. The van der Waals surface area contributed by atoms with Crippen LogP contribution in [0.25, 0.3) is 11.2 Å². The molecule has 118 valence electrons. The lowest BCUT2D eigenvalue weighted by Gasteiger charge is -2.46. The molecule has 0 radical (unpaired) electrons. The van der Waals surface area contributed by atoms with Gasteiger partial charge in [-0.2, -0.15) is 0 Å². The van der Waals surface area contributed by atoms with Crippen molar-refractivity contribution in [1.82, 2.24) is 19.4 Å². The molecule has 6 heteroatoms. The zero-order chi connectivity index (χ0) is 15.4. The van der Waals surface area contributed by atoms with Crippen LogP contribution in [0.5, 0.6) is 0 Å². The summed E-state index contributed by atoms with van der Waals surface area (Å²) in [6.07, 6.45) is 3.04.